The number of sulfonamides is 1. The van der Waals surface area contributed by atoms with E-state index in [9.17, 15) is 18.0 Å². The Balaban J connectivity index is 2.47. The van der Waals surface area contributed by atoms with Crippen molar-refractivity contribution in [2.24, 2.45) is 0 Å². The number of anilines is 1. The molecule has 2 unspecified atom stereocenters. The van der Waals surface area contributed by atoms with Crippen molar-refractivity contribution in [2.75, 3.05) is 17.1 Å². The molecule has 2 aromatic carbocycles. The molecule has 192 valence electrons. The number of nitrogens with zero attached hydrogens (tertiary/aromatic N) is 2. The van der Waals surface area contributed by atoms with Crippen LogP contribution in [0.3, 0.4) is 0 Å². The summed E-state index contributed by atoms with van der Waals surface area (Å²) in [6, 6.07) is 11.5. The predicted molar refractivity (Wildman–Crippen MR) is 142 cm³/mol. The van der Waals surface area contributed by atoms with Gasteiger partial charge < -0.3 is 10.2 Å². The van der Waals surface area contributed by atoms with Crippen LogP contribution in [0.15, 0.2) is 42.5 Å². The number of halogens is 1. The number of carbonyl (C=O) groups excluding carboxylic acids is 2. The van der Waals surface area contributed by atoms with E-state index in [-0.39, 0.29) is 18.5 Å². The highest BCUT2D eigenvalue weighted by Gasteiger charge is 2.32. The number of amides is 2. The minimum absolute atomic E-state index is 0.0585. The van der Waals surface area contributed by atoms with Crippen molar-refractivity contribution in [3.63, 3.8) is 0 Å². The molecule has 0 aliphatic heterocycles. The number of hydrogen-bond acceptors (Lipinski definition) is 4. The molecule has 35 heavy (non-hydrogen) atoms. The minimum Gasteiger partial charge on any atom is -0.352 e. The molecular formula is C26H36ClN3O4S. The Morgan fingerprint density at radius 1 is 1.03 bits per heavy atom. The van der Waals surface area contributed by atoms with Crippen LogP contribution in [0.2, 0.25) is 5.02 Å². The highest BCUT2D eigenvalue weighted by molar-refractivity contribution is 7.92. The highest BCUT2D eigenvalue weighted by atomic mass is 35.5. The molecule has 0 aliphatic rings. The Morgan fingerprint density at radius 3 is 2.23 bits per heavy atom. The molecular weight excluding hydrogens is 486 g/mol. The van der Waals surface area contributed by atoms with Crippen LogP contribution in [-0.2, 0) is 26.2 Å². The van der Waals surface area contributed by atoms with Crippen LogP contribution in [0.5, 0.6) is 0 Å². The fourth-order valence-corrected chi connectivity index (χ4v) is 4.70. The van der Waals surface area contributed by atoms with Crippen LogP contribution in [0.25, 0.3) is 0 Å². The van der Waals surface area contributed by atoms with Crippen LogP contribution >= 0.6 is 11.6 Å². The zero-order chi connectivity index (χ0) is 26.3. The standard InChI is InChI=1S/C26H36ClN3O4S/c1-7-20(5)28-26(32)24(8-2)29(16-21-11-9-10-12-23(21)27)25(31)17-30(35(6,33)34)22-14-13-18(3)19(4)15-22/h9-15,20,24H,7-8,16-17H2,1-6H3,(H,28,32). The summed E-state index contributed by atoms with van der Waals surface area (Å²) in [5, 5.41) is 3.42. The Bertz CT molecular complexity index is 1150. The first-order valence-electron chi connectivity index (χ1n) is 11.8. The van der Waals surface area contributed by atoms with Crippen molar-refractivity contribution in [3.05, 3.63) is 64.2 Å². The fourth-order valence-electron chi connectivity index (χ4n) is 3.67. The summed E-state index contributed by atoms with van der Waals surface area (Å²) in [5.41, 5.74) is 3.01. The van der Waals surface area contributed by atoms with Crippen LogP contribution in [0, 0.1) is 13.8 Å². The lowest BCUT2D eigenvalue weighted by molar-refractivity contribution is -0.140. The number of nitrogens with one attached hydrogen (secondary N) is 1. The third kappa shape index (κ3) is 7.70. The molecule has 0 aliphatic carbocycles. The Morgan fingerprint density at radius 2 is 1.69 bits per heavy atom. The van der Waals surface area contributed by atoms with Gasteiger partial charge in [-0.1, -0.05) is 49.7 Å². The third-order valence-electron chi connectivity index (χ3n) is 6.14. The maximum atomic E-state index is 13.7. The first-order chi connectivity index (χ1) is 16.4. The zero-order valence-corrected chi connectivity index (χ0v) is 22.9. The molecule has 0 spiro atoms. The van der Waals surface area contributed by atoms with Gasteiger partial charge in [-0.25, -0.2) is 8.42 Å². The molecule has 2 aromatic rings. The SMILES string of the molecule is CCC(C)NC(=O)C(CC)N(Cc1ccccc1Cl)C(=O)CN(c1ccc(C)c(C)c1)S(C)(=O)=O. The van der Waals surface area contributed by atoms with Gasteiger partial charge in [0.15, 0.2) is 0 Å². The van der Waals surface area contributed by atoms with Gasteiger partial charge in [0, 0.05) is 17.6 Å². The molecule has 7 nitrogen and oxygen atoms in total. The average molecular weight is 522 g/mol. The highest BCUT2D eigenvalue weighted by Crippen LogP contribution is 2.24. The van der Waals surface area contributed by atoms with Gasteiger partial charge in [-0.15, -0.1) is 0 Å². The van der Waals surface area contributed by atoms with E-state index in [0.29, 0.717) is 22.7 Å². The van der Waals surface area contributed by atoms with Gasteiger partial charge in [0.2, 0.25) is 21.8 Å². The Hall–Kier alpha value is -2.58. The van der Waals surface area contributed by atoms with Gasteiger partial charge in [0.05, 0.1) is 11.9 Å². The quantitative estimate of drug-likeness (QED) is 0.473. The molecule has 2 amide bonds. The van der Waals surface area contributed by atoms with E-state index >= 15 is 0 Å². The summed E-state index contributed by atoms with van der Waals surface area (Å²) >= 11 is 6.37. The van der Waals surface area contributed by atoms with Crippen LogP contribution in [-0.4, -0.2) is 50.0 Å². The van der Waals surface area contributed by atoms with E-state index < -0.39 is 28.5 Å². The lowest BCUT2D eigenvalue weighted by Crippen LogP contribution is -2.53. The van der Waals surface area contributed by atoms with E-state index in [1.807, 2.05) is 46.8 Å². The summed E-state index contributed by atoms with van der Waals surface area (Å²) in [6.07, 6.45) is 2.18. The second kappa shape index (κ2) is 12.4. The normalized spacial score (nSPS) is 13.1. The van der Waals surface area contributed by atoms with Gasteiger partial charge >= 0.3 is 0 Å². The van der Waals surface area contributed by atoms with E-state index in [1.54, 1.807) is 30.3 Å². The van der Waals surface area contributed by atoms with E-state index in [4.69, 9.17) is 11.6 Å². The zero-order valence-electron chi connectivity index (χ0n) is 21.3. The minimum atomic E-state index is -3.77. The number of hydrogen-bond donors (Lipinski definition) is 1. The Labute approximate surface area is 214 Å². The molecule has 0 aromatic heterocycles. The summed E-state index contributed by atoms with van der Waals surface area (Å²) in [5.74, 6) is -0.765. The monoisotopic (exact) mass is 521 g/mol. The van der Waals surface area contributed by atoms with Gasteiger partial charge in [-0.2, -0.15) is 0 Å². The molecule has 0 heterocycles. The summed E-state index contributed by atoms with van der Waals surface area (Å²) in [7, 11) is -3.77. The third-order valence-corrected chi connectivity index (χ3v) is 7.65. The lowest BCUT2D eigenvalue weighted by atomic mass is 10.1. The van der Waals surface area contributed by atoms with Crippen molar-refractivity contribution in [1.29, 1.82) is 0 Å². The molecule has 0 radical (unpaired) electrons. The van der Waals surface area contributed by atoms with Crippen molar-refractivity contribution in [3.8, 4) is 0 Å². The van der Waals surface area contributed by atoms with Gasteiger partial charge in [-0.3, -0.25) is 13.9 Å². The molecule has 0 bridgehead atoms. The topological polar surface area (TPSA) is 86.8 Å². The molecule has 0 saturated carbocycles. The van der Waals surface area contributed by atoms with Crippen molar-refractivity contribution in [1.82, 2.24) is 10.2 Å². The van der Waals surface area contributed by atoms with Crippen LogP contribution < -0.4 is 9.62 Å². The fraction of sp³-hybridized carbons (Fsp3) is 0.462. The predicted octanol–water partition coefficient (Wildman–Crippen LogP) is 4.44. The van der Waals surface area contributed by atoms with Gasteiger partial charge in [0.25, 0.3) is 0 Å². The van der Waals surface area contributed by atoms with E-state index in [2.05, 4.69) is 5.32 Å². The van der Waals surface area contributed by atoms with Crippen molar-refractivity contribution in [2.45, 2.75) is 66.1 Å². The van der Waals surface area contributed by atoms with Crippen molar-refractivity contribution >= 4 is 39.1 Å². The van der Waals surface area contributed by atoms with Crippen molar-refractivity contribution < 1.29 is 18.0 Å². The first-order valence-corrected chi connectivity index (χ1v) is 14.0. The first kappa shape index (κ1) is 28.7. The van der Waals surface area contributed by atoms with Crippen LogP contribution in [0.1, 0.15) is 50.3 Å². The number of aryl methyl sites for hydroxylation is 2. The van der Waals surface area contributed by atoms with E-state index in [1.165, 1.54) is 4.90 Å². The molecule has 2 rings (SSSR count). The molecule has 0 saturated heterocycles. The molecule has 9 heteroatoms. The second-order valence-corrected chi connectivity index (χ2v) is 11.2. The second-order valence-electron chi connectivity index (χ2n) is 8.89. The summed E-state index contributed by atoms with van der Waals surface area (Å²) in [4.78, 5) is 28.3. The molecule has 2 atom stereocenters. The molecule has 0 fully saturated rings. The number of carbonyl (C=O) groups is 2. The number of benzene rings is 2. The number of rotatable bonds is 11. The average Bonchev–Trinajstić information content (AvgIpc) is 2.79. The maximum absolute atomic E-state index is 13.7. The van der Waals surface area contributed by atoms with Crippen LogP contribution in [0.4, 0.5) is 5.69 Å². The Kier molecular flexibility index (Phi) is 10.2. The van der Waals surface area contributed by atoms with Gasteiger partial charge in [0.1, 0.15) is 12.6 Å². The van der Waals surface area contributed by atoms with E-state index in [0.717, 1.165) is 28.1 Å². The largest absolute Gasteiger partial charge is 0.352 e. The lowest BCUT2D eigenvalue weighted by Gasteiger charge is -2.33. The smallest absolute Gasteiger partial charge is 0.244 e. The summed E-state index contributed by atoms with van der Waals surface area (Å²) < 4.78 is 26.5. The maximum Gasteiger partial charge on any atom is 0.244 e. The van der Waals surface area contributed by atoms with Gasteiger partial charge in [-0.05, 0) is 68.5 Å². The molecule has 1 N–H and O–H groups in total. The summed E-state index contributed by atoms with van der Waals surface area (Å²) in [6.45, 7) is 9.15.